The van der Waals surface area contributed by atoms with E-state index in [0.717, 1.165) is 0 Å². The van der Waals surface area contributed by atoms with Crippen LogP contribution in [0.5, 0.6) is 0 Å². The highest BCUT2D eigenvalue weighted by atomic mass is 35.5. The van der Waals surface area contributed by atoms with E-state index in [1.165, 1.54) is 0 Å². The first-order valence-corrected chi connectivity index (χ1v) is 7.13. The van der Waals surface area contributed by atoms with Crippen LogP contribution >= 0.6 is 11.6 Å². The summed E-state index contributed by atoms with van der Waals surface area (Å²) in [6.45, 7) is 0.311. The molecule has 0 radical (unpaired) electrons. The second kappa shape index (κ2) is 6.45. The number of benzene rings is 1. The number of pyridine rings is 1. The summed E-state index contributed by atoms with van der Waals surface area (Å²) in [6.07, 6.45) is 3.23. The molecule has 0 saturated carbocycles. The van der Waals surface area contributed by atoms with Crippen LogP contribution in [0, 0.1) is 0 Å². The minimum absolute atomic E-state index is 0.160. The highest BCUT2D eigenvalue weighted by molar-refractivity contribution is 6.30. The summed E-state index contributed by atoms with van der Waals surface area (Å²) in [6, 6.07) is 15.8. The van der Waals surface area contributed by atoms with Gasteiger partial charge in [-0.05, 0) is 48.5 Å². The Morgan fingerprint density at radius 1 is 1.09 bits per heavy atom. The van der Waals surface area contributed by atoms with Crippen molar-refractivity contribution in [2.75, 3.05) is 4.90 Å². The van der Waals surface area contributed by atoms with E-state index < -0.39 is 0 Å². The molecule has 2 aromatic heterocycles. The predicted molar refractivity (Wildman–Crippen MR) is 84.9 cm³/mol. The molecule has 5 heteroatoms. The number of carbonyl (C=O) groups is 1. The van der Waals surface area contributed by atoms with E-state index in [0.29, 0.717) is 28.7 Å². The third-order valence-electron chi connectivity index (χ3n) is 3.16. The zero-order valence-electron chi connectivity index (χ0n) is 11.6. The molecule has 2 heterocycles. The van der Waals surface area contributed by atoms with E-state index in [2.05, 4.69) is 4.98 Å². The van der Waals surface area contributed by atoms with Gasteiger partial charge >= 0.3 is 0 Å². The Kier molecular flexibility index (Phi) is 4.21. The maximum atomic E-state index is 12.8. The highest BCUT2D eigenvalue weighted by Gasteiger charge is 2.20. The number of furan rings is 1. The summed E-state index contributed by atoms with van der Waals surface area (Å²) < 4.78 is 5.35. The van der Waals surface area contributed by atoms with Crippen molar-refractivity contribution in [2.24, 2.45) is 0 Å². The number of hydrogen-bond donors (Lipinski definition) is 0. The van der Waals surface area contributed by atoms with Crippen LogP contribution in [-0.4, -0.2) is 10.9 Å². The molecule has 22 heavy (non-hydrogen) atoms. The largest absolute Gasteiger partial charge is 0.467 e. The Morgan fingerprint density at radius 2 is 1.91 bits per heavy atom. The van der Waals surface area contributed by atoms with Crippen LogP contribution in [0.25, 0.3) is 0 Å². The van der Waals surface area contributed by atoms with Gasteiger partial charge in [-0.15, -0.1) is 0 Å². The number of amides is 1. The fraction of sp³-hybridized carbons (Fsp3) is 0.0588. The van der Waals surface area contributed by atoms with Gasteiger partial charge in [0.05, 0.1) is 12.8 Å². The third-order valence-corrected chi connectivity index (χ3v) is 3.41. The van der Waals surface area contributed by atoms with Gasteiger partial charge in [0.25, 0.3) is 5.91 Å². The number of anilines is 1. The van der Waals surface area contributed by atoms with Gasteiger partial charge in [-0.3, -0.25) is 9.69 Å². The first-order chi connectivity index (χ1) is 10.7. The second-order valence-corrected chi connectivity index (χ2v) is 5.10. The number of rotatable bonds is 4. The second-order valence-electron chi connectivity index (χ2n) is 4.67. The molecule has 3 aromatic rings. The van der Waals surface area contributed by atoms with Gasteiger partial charge in [0.1, 0.15) is 11.6 Å². The molecule has 110 valence electrons. The summed E-state index contributed by atoms with van der Waals surface area (Å²) >= 11 is 5.88. The summed E-state index contributed by atoms with van der Waals surface area (Å²) in [4.78, 5) is 18.6. The average Bonchev–Trinajstić information content (AvgIpc) is 3.07. The molecule has 0 saturated heterocycles. The Labute approximate surface area is 133 Å². The zero-order chi connectivity index (χ0) is 15.4. The van der Waals surface area contributed by atoms with E-state index in [-0.39, 0.29) is 5.91 Å². The van der Waals surface area contributed by atoms with Crippen molar-refractivity contribution in [2.45, 2.75) is 6.54 Å². The molecule has 1 aromatic carbocycles. The van der Waals surface area contributed by atoms with Crippen LogP contribution in [0.3, 0.4) is 0 Å². The molecular weight excluding hydrogens is 300 g/mol. The van der Waals surface area contributed by atoms with Gasteiger partial charge < -0.3 is 4.42 Å². The topological polar surface area (TPSA) is 46.3 Å². The van der Waals surface area contributed by atoms with E-state index in [4.69, 9.17) is 16.0 Å². The lowest BCUT2D eigenvalue weighted by Crippen LogP contribution is -2.30. The summed E-state index contributed by atoms with van der Waals surface area (Å²) in [7, 11) is 0. The van der Waals surface area contributed by atoms with E-state index in [9.17, 15) is 4.79 Å². The van der Waals surface area contributed by atoms with Gasteiger partial charge in [0, 0.05) is 16.8 Å². The first-order valence-electron chi connectivity index (χ1n) is 6.75. The minimum Gasteiger partial charge on any atom is -0.467 e. The van der Waals surface area contributed by atoms with Gasteiger partial charge in [-0.1, -0.05) is 17.7 Å². The predicted octanol–water partition coefficient (Wildman–Crippen LogP) is 4.18. The maximum absolute atomic E-state index is 12.8. The Bertz CT molecular complexity index is 740. The van der Waals surface area contributed by atoms with Crippen LogP contribution in [0.15, 0.2) is 71.5 Å². The number of halogens is 1. The maximum Gasteiger partial charge on any atom is 0.259 e. The Morgan fingerprint density at radius 3 is 2.55 bits per heavy atom. The first kappa shape index (κ1) is 14.4. The quantitative estimate of drug-likeness (QED) is 0.726. The molecular formula is C17H13ClN2O2. The molecule has 0 aliphatic heterocycles. The molecule has 0 fully saturated rings. The number of aromatic nitrogens is 1. The van der Waals surface area contributed by atoms with Gasteiger partial charge in [-0.2, -0.15) is 0 Å². The van der Waals surface area contributed by atoms with Crippen molar-refractivity contribution in [1.29, 1.82) is 0 Å². The average molecular weight is 313 g/mol. The molecule has 0 unspecified atom stereocenters. The van der Waals surface area contributed by atoms with Crippen molar-refractivity contribution < 1.29 is 9.21 Å². The molecule has 0 atom stereocenters. The number of nitrogens with zero attached hydrogens (tertiary/aromatic N) is 2. The van der Waals surface area contributed by atoms with Gasteiger partial charge in [-0.25, -0.2) is 4.98 Å². The molecule has 0 spiro atoms. The van der Waals surface area contributed by atoms with Crippen LogP contribution in [0.1, 0.15) is 16.1 Å². The van der Waals surface area contributed by atoms with E-state index in [1.807, 2.05) is 12.1 Å². The van der Waals surface area contributed by atoms with Gasteiger partial charge in [0.15, 0.2) is 0 Å². The fourth-order valence-corrected chi connectivity index (χ4v) is 2.20. The van der Waals surface area contributed by atoms with Crippen molar-refractivity contribution >= 4 is 23.3 Å². The molecule has 0 bridgehead atoms. The van der Waals surface area contributed by atoms with Crippen LogP contribution < -0.4 is 4.90 Å². The monoisotopic (exact) mass is 312 g/mol. The fourth-order valence-electron chi connectivity index (χ4n) is 2.08. The molecule has 1 amide bonds. The van der Waals surface area contributed by atoms with Crippen LogP contribution in [0.2, 0.25) is 5.02 Å². The van der Waals surface area contributed by atoms with Crippen LogP contribution in [0.4, 0.5) is 5.82 Å². The normalized spacial score (nSPS) is 10.4. The van der Waals surface area contributed by atoms with Crippen LogP contribution in [-0.2, 0) is 6.54 Å². The Balaban J connectivity index is 1.94. The lowest BCUT2D eigenvalue weighted by atomic mass is 10.2. The molecule has 0 N–H and O–H groups in total. The Hall–Kier alpha value is -2.59. The SMILES string of the molecule is O=C(c1ccc(Cl)cc1)N(Cc1ccco1)c1ccccn1. The lowest BCUT2D eigenvalue weighted by molar-refractivity contribution is 0.0982. The molecule has 0 aliphatic carbocycles. The third kappa shape index (κ3) is 3.18. The number of hydrogen-bond acceptors (Lipinski definition) is 3. The van der Waals surface area contributed by atoms with Crippen molar-refractivity contribution in [3.8, 4) is 0 Å². The van der Waals surface area contributed by atoms with Crippen molar-refractivity contribution in [3.05, 3.63) is 83.4 Å². The standard InChI is InChI=1S/C17H13ClN2O2/c18-14-8-6-13(7-9-14)17(21)20(12-15-4-3-11-22-15)16-5-1-2-10-19-16/h1-11H,12H2. The van der Waals surface area contributed by atoms with Crippen molar-refractivity contribution in [3.63, 3.8) is 0 Å². The lowest BCUT2D eigenvalue weighted by Gasteiger charge is -2.20. The molecule has 0 aliphatic rings. The minimum atomic E-state index is -0.160. The summed E-state index contributed by atoms with van der Waals surface area (Å²) in [5.41, 5.74) is 0.543. The zero-order valence-corrected chi connectivity index (χ0v) is 12.4. The van der Waals surface area contributed by atoms with E-state index in [1.54, 1.807) is 59.8 Å². The smallest absolute Gasteiger partial charge is 0.259 e. The van der Waals surface area contributed by atoms with E-state index >= 15 is 0 Å². The van der Waals surface area contributed by atoms with Crippen molar-refractivity contribution in [1.82, 2.24) is 4.98 Å². The highest BCUT2D eigenvalue weighted by Crippen LogP contribution is 2.19. The number of carbonyl (C=O) groups excluding carboxylic acids is 1. The summed E-state index contributed by atoms with van der Waals surface area (Å²) in [5, 5.41) is 0.590. The van der Waals surface area contributed by atoms with Gasteiger partial charge in [0.2, 0.25) is 0 Å². The molecule has 4 nitrogen and oxygen atoms in total. The molecule has 3 rings (SSSR count). The summed E-state index contributed by atoms with van der Waals surface area (Å²) in [5.74, 6) is 1.10.